The molecule has 42 heavy (non-hydrogen) atoms. The maximum absolute atomic E-state index is 14.0. The van der Waals surface area contributed by atoms with E-state index in [9.17, 15) is 31.5 Å². The van der Waals surface area contributed by atoms with Crippen LogP contribution in [0.3, 0.4) is 0 Å². The normalized spacial score (nSPS) is 19.2. The summed E-state index contributed by atoms with van der Waals surface area (Å²) in [5.74, 6) is -0.0885. The van der Waals surface area contributed by atoms with Crippen molar-refractivity contribution in [2.24, 2.45) is 11.8 Å². The third-order valence-electron chi connectivity index (χ3n) is 8.02. The molecule has 224 valence electrons. The molecule has 0 saturated heterocycles. The van der Waals surface area contributed by atoms with Crippen LogP contribution < -0.4 is 9.47 Å². The monoisotopic (exact) mass is 603 g/mol. The zero-order chi connectivity index (χ0) is 30.4. The molecular weight excluding hydrogens is 571 g/mol. The van der Waals surface area contributed by atoms with E-state index in [1.54, 1.807) is 6.92 Å². The minimum atomic E-state index is -4.59. The SMILES string of the molecule is CCc1cc2c(cc1OCc1ccc(C(F)(F)F)c(-c3ccc(OCCCS(C)(=O)=O)nc3C)c1)CC1C(C(=O)O)C21. The molecule has 0 radical (unpaired) electrons. The van der Waals surface area contributed by atoms with Gasteiger partial charge in [-0.1, -0.05) is 19.1 Å². The Kier molecular flexibility index (Phi) is 8.00. The summed E-state index contributed by atoms with van der Waals surface area (Å²) >= 11 is 0. The fourth-order valence-corrected chi connectivity index (χ4v) is 6.58. The van der Waals surface area contributed by atoms with Crippen LogP contribution in [0.2, 0.25) is 0 Å². The van der Waals surface area contributed by atoms with Crippen molar-refractivity contribution in [2.45, 2.75) is 51.8 Å². The largest absolute Gasteiger partial charge is 0.489 e. The van der Waals surface area contributed by atoms with Crippen molar-refractivity contribution in [3.63, 3.8) is 0 Å². The molecule has 7 nitrogen and oxygen atoms in total. The van der Waals surface area contributed by atoms with Gasteiger partial charge in [-0.15, -0.1) is 0 Å². The number of hydrogen-bond donors (Lipinski definition) is 1. The molecule has 2 aliphatic rings. The number of aromatic nitrogens is 1. The molecule has 11 heteroatoms. The minimum absolute atomic E-state index is 0.0262. The average Bonchev–Trinajstić information content (AvgIpc) is 3.51. The number of aliphatic carboxylic acids is 1. The molecule has 1 aromatic heterocycles. The summed E-state index contributed by atoms with van der Waals surface area (Å²) in [6, 6.07) is 10.9. The number of hydrogen-bond acceptors (Lipinski definition) is 6. The number of sulfone groups is 1. The van der Waals surface area contributed by atoms with Crippen LogP contribution in [0.4, 0.5) is 13.2 Å². The molecule has 1 fully saturated rings. The van der Waals surface area contributed by atoms with Gasteiger partial charge in [-0.3, -0.25) is 4.79 Å². The first-order valence-electron chi connectivity index (χ1n) is 13.8. The van der Waals surface area contributed by atoms with E-state index in [2.05, 4.69) is 4.98 Å². The number of ether oxygens (including phenoxy) is 2. The van der Waals surface area contributed by atoms with Gasteiger partial charge in [-0.2, -0.15) is 13.2 Å². The van der Waals surface area contributed by atoms with Gasteiger partial charge >= 0.3 is 12.1 Å². The highest BCUT2D eigenvalue weighted by molar-refractivity contribution is 7.90. The number of pyridine rings is 1. The second kappa shape index (κ2) is 11.2. The maximum atomic E-state index is 14.0. The smallest absolute Gasteiger partial charge is 0.417 e. The number of halogens is 3. The third-order valence-corrected chi connectivity index (χ3v) is 9.05. The van der Waals surface area contributed by atoms with Crippen molar-refractivity contribution in [2.75, 3.05) is 18.6 Å². The lowest BCUT2D eigenvalue weighted by atomic mass is 9.96. The van der Waals surface area contributed by atoms with E-state index in [1.807, 2.05) is 19.1 Å². The highest BCUT2D eigenvalue weighted by Crippen LogP contribution is 2.62. The molecule has 1 saturated carbocycles. The Balaban J connectivity index is 1.35. The van der Waals surface area contributed by atoms with E-state index in [-0.39, 0.29) is 54.6 Å². The van der Waals surface area contributed by atoms with Crippen molar-refractivity contribution in [1.29, 1.82) is 0 Å². The Labute approximate surface area is 242 Å². The van der Waals surface area contributed by atoms with Gasteiger partial charge in [0.1, 0.15) is 22.2 Å². The second-order valence-electron chi connectivity index (χ2n) is 11.1. The molecule has 0 amide bonds. The van der Waals surface area contributed by atoms with Crippen molar-refractivity contribution in [1.82, 2.24) is 4.98 Å². The third kappa shape index (κ3) is 6.25. The number of carbonyl (C=O) groups is 1. The lowest BCUT2D eigenvalue weighted by molar-refractivity contribution is -0.139. The number of fused-ring (bicyclic) bond motifs is 3. The van der Waals surface area contributed by atoms with Crippen molar-refractivity contribution in [3.05, 3.63) is 76.0 Å². The number of rotatable bonds is 11. The predicted octanol–water partition coefficient (Wildman–Crippen LogP) is 6.00. The Hall–Kier alpha value is -3.60. The van der Waals surface area contributed by atoms with Gasteiger partial charge in [0, 0.05) is 29.5 Å². The van der Waals surface area contributed by atoms with Crippen LogP contribution in [0.15, 0.2) is 42.5 Å². The number of benzene rings is 2. The van der Waals surface area contributed by atoms with Crippen molar-refractivity contribution >= 4 is 15.8 Å². The molecule has 2 aliphatic carbocycles. The average molecular weight is 604 g/mol. The first-order valence-corrected chi connectivity index (χ1v) is 15.8. The number of aryl methyl sites for hydroxylation is 2. The fourth-order valence-electron chi connectivity index (χ4n) is 5.94. The van der Waals surface area contributed by atoms with Crippen LogP contribution in [0, 0.1) is 18.8 Å². The van der Waals surface area contributed by atoms with Gasteiger partial charge in [0.05, 0.1) is 23.8 Å². The number of alkyl halides is 3. The Morgan fingerprint density at radius 3 is 2.50 bits per heavy atom. The molecule has 0 spiro atoms. The molecule has 3 atom stereocenters. The van der Waals surface area contributed by atoms with Crippen LogP contribution in [0.5, 0.6) is 11.6 Å². The van der Waals surface area contributed by atoms with Gasteiger partial charge in [0.15, 0.2) is 0 Å². The summed E-state index contributed by atoms with van der Waals surface area (Å²) in [7, 11) is -3.12. The van der Waals surface area contributed by atoms with Crippen LogP contribution in [0.25, 0.3) is 11.1 Å². The first kappa shape index (κ1) is 29.9. The summed E-state index contributed by atoms with van der Waals surface area (Å²) in [4.78, 5) is 15.8. The molecule has 5 rings (SSSR count). The lowest BCUT2D eigenvalue weighted by Crippen LogP contribution is -2.10. The van der Waals surface area contributed by atoms with E-state index in [0.29, 0.717) is 35.4 Å². The van der Waals surface area contributed by atoms with Crippen LogP contribution in [-0.4, -0.2) is 43.1 Å². The predicted molar refractivity (Wildman–Crippen MR) is 150 cm³/mol. The Morgan fingerprint density at radius 2 is 1.86 bits per heavy atom. The second-order valence-corrected chi connectivity index (χ2v) is 13.3. The van der Waals surface area contributed by atoms with Gasteiger partial charge in [-0.05, 0) is 84.2 Å². The summed E-state index contributed by atoms with van der Waals surface area (Å²) in [6.07, 6.45) is -1.83. The number of carboxylic acid groups (broad SMARTS) is 1. The fraction of sp³-hybridized carbons (Fsp3) is 0.419. The molecule has 3 unspecified atom stereocenters. The molecule has 0 aliphatic heterocycles. The van der Waals surface area contributed by atoms with Gasteiger partial charge in [0.2, 0.25) is 5.88 Å². The highest BCUT2D eigenvalue weighted by Gasteiger charge is 2.59. The number of nitrogens with zero attached hydrogens (tertiary/aromatic N) is 1. The van der Waals surface area contributed by atoms with Gasteiger partial charge in [0.25, 0.3) is 0 Å². The molecule has 3 aromatic rings. The molecule has 0 bridgehead atoms. The molecule has 2 aromatic carbocycles. The van der Waals surface area contributed by atoms with E-state index < -0.39 is 27.5 Å². The Morgan fingerprint density at radius 1 is 1.10 bits per heavy atom. The summed E-state index contributed by atoms with van der Waals surface area (Å²) < 4.78 is 76.3. The molecular formula is C31H32F3NO6S. The minimum Gasteiger partial charge on any atom is -0.489 e. The Bertz CT molecular complexity index is 1640. The zero-order valence-electron chi connectivity index (χ0n) is 23.5. The molecule has 1 N–H and O–H groups in total. The van der Waals surface area contributed by atoms with Crippen LogP contribution >= 0.6 is 0 Å². The molecule has 1 heterocycles. The van der Waals surface area contributed by atoms with E-state index in [4.69, 9.17) is 9.47 Å². The van der Waals surface area contributed by atoms with Gasteiger partial charge < -0.3 is 14.6 Å². The van der Waals surface area contributed by atoms with Gasteiger partial charge in [-0.25, -0.2) is 13.4 Å². The highest BCUT2D eigenvalue weighted by atomic mass is 32.2. The van der Waals surface area contributed by atoms with E-state index in [1.165, 1.54) is 24.3 Å². The van der Waals surface area contributed by atoms with Crippen molar-refractivity contribution < 1.29 is 41.0 Å². The van der Waals surface area contributed by atoms with Crippen LogP contribution in [0.1, 0.15) is 52.8 Å². The quantitative estimate of drug-likeness (QED) is 0.268. The zero-order valence-corrected chi connectivity index (χ0v) is 24.3. The standard InChI is InChI=1S/C31H32F3NO6S/c1-4-19-13-22-20(14-24-28(22)29(24)30(36)37)15-26(19)41-16-18-6-8-25(31(32,33)34)23(12-18)21-7-9-27(35-17(21)2)40-10-5-11-42(3,38)39/h6-9,12-13,15,24,28-29H,4-5,10-11,14,16H2,1-3H3,(H,36,37). The summed E-state index contributed by atoms with van der Waals surface area (Å²) in [5.41, 5.74) is 3.44. The van der Waals surface area contributed by atoms with E-state index >= 15 is 0 Å². The summed E-state index contributed by atoms with van der Waals surface area (Å²) in [6.45, 7) is 3.74. The summed E-state index contributed by atoms with van der Waals surface area (Å²) in [5, 5.41) is 9.43. The van der Waals surface area contributed by atoms with Crippen LogP contribution in [-0.2, 0) is 40.3 Å². The van der Waals surface area contributed by atoms with Crippen molar-refractivity contribution in [3.8, 4) is 22.8 Å². The maximum Gasteiger partial charge on any atom is 0.417 e. The topological polar surface area (TPSA) is 103 Å². The first-order chi connectivity index (χ1) is 19.8. The lowest BCUT2D eigenvalue weighted by Gasteiger charge is -2.18. The number of carboxylic acids is 1. The van der Waals surface area contributed by atoms with E-state index in [0.717, 1.165) is 29.0 Å².